The van der Waals surface area contributed by atoms with Gasteiger partial charge in [-0.05, 0) is 23.3 Å². The number of likely N-dealkylation sites (tertiary alicyclic amines) is 1. The van der Waals surface area contributed by atoms with Crippen molar-refractivity contribution in [3.63, 3.8) is 0 Å². The highest BCUT2D eigenvalue weighted by Crippen LogP contribution is 2.56. The Morgan fingerprint density at radius 1 is 1.23 bits per heavy atom. The summed E-state index contributed by atoms with van der Waals surface area (Å²) in [6, 6.07) is 11.2. The quantitative estimate of drug-likeness (QED) is 0.837. The first kappa shape index (κ1) is 17.5. The first-order valence-electron chi connectivity index (χ1n) is 8.23. The molecule has 1 fully saturated rings. The molecule has 2 atom stereocenters. The first-order valence-corrected chi connectivity index (χ1v) is 8.80. The molecule has 1 aliphatic carbocycles. The van der Waals surface area contributed by atoms with Crippen LogP contribution in [0.2, 0.25) is 0 Å². The lowest BCUT2D eigenvalue weighted by Crippen LogP contribution is -2.54. The predicted molar refractivity (Wildman–Crippen MR) is 96.2 cm³/mol. The number of carbonyl (C=O) groups excluding carboxylic acids is 1. The SMILES string of the molecule is COC1CN(C(=O)c2ccc3c(c2)C(O)(C(F)(F)P)c2ccccc2-3)C1. The summed E-state index contributed by atoms with van der Waals surface area (Å²) in [4.78, 5) is 14.2. The van der Waals surface area contributed by atoms with E-state index < -0.39 is 11.3 Å². The van der Waals surface area contributed by atoms with Crippen molar-refractivity contribution in [2.24, 2.45) is 0 Å². The lowest BCUT2D eigenvalue weighted by atomic mass is 9.90. The Labute approximate surface area is 152 Å². The maximum absolute atomic E-state index is 14.4. The van der Waals surface area contributed by atoms with E-state index in [0.29, 0.717) is 24.2 Å². The summed E-state index contributed by atoms with van der Waals surface area (Å²) in [5, 5.41) is 11.0. The number of carbonyl (C=O) groups is 1. The van der Waals surface area contributed by atoms with Gasteiger partial charge in [-0.1, -0.05) is 39.6 Å². The van der Waals surface area contributed by atoms with Crippen molar-refractivity contribution in [3.8, 4) is 11.1 Å². The van der Waals surface area contributed by atoms with Crippen molar-refractivity contribution in [3.05, 3.63) is 59.2 Å². The molecular weight excluding hydrogens is 359 g/mol. The third-order valence-corrected chi connectivity index (χ3v) is 5.63. The van der Waals surface area contributed by atoms with Gasteiger partial charge in [-0.25, -0.2) is 0 Å². The van der Waals surface area contributed by atoms with Gasteiger partial charge < -0.3 is 14.7 Å². The number of methoxy groups -OCH3 is 1. The molecule has 4 rings (SSSR count). The fourth-order valence-corrected chi connectivity index (χ4v) is 4.00. The lowest BCUT2D eigenvalue weighted by molar-refractivity contribution is -0.0964. The van der Waals surface area contributed by atoms with Gasteiger partial charge in [-0.3, -0.25) is 4.79 Å². The van der Waals surface area contributed by atoms with E-state index in [4.69, 9.17) is 4.74 Å². The zero-order valence-electron chi connectivity index (χ0n) is 14.1. The molecule has 1 saturated heterocycles. The minimum Gasteiger partial charge on any atom is -0.378 e. The zero-order valence-corrected chi connectivity index (χ0v) is 15.2. The smallest absolute Gasteiger partial charge is 0.295 e. The number of amides is 1. The van der Waals surface area contributed by atoms with Gasteiger partial charge in [0, 0.05) is 36.9 Å². The molecule has 0 saturated carbocycles. The van der Waals surface area contributed by atoms with Crippen LogP contribution in [-0.2, 0) is 10.3 Å². The van der Waals surface area contributed by atoms with E-state index in [2.05, 4.69) is 0 Å². The highest BCUT2D eigenvalue weighted by atomic mass is 31.0. The third-order valence-electron chi connectivity index (χ3n) is 5.21. The Bertz CT molecular complexity index is 893. The highest BCUT2D eigenvalue weighted by Gasteiger charge is 2.57. The molecular formula is C19H18F2NO3P. The van der Waals surface area contributed by atoms with Crippen LogP contribution in [0, 0.1) is 0 Å². The number of alkyl halides is 2. The number of nitrogens with zero attached hydrogens (tertiary/aromatic N) is 1. The molecule has 2 aliphatic rings. The average molecular weight is 377 g/mol. The topological polar surface area (TPSA) is 49.8 Å². The molecule has 1 N–H and O–H groups in total. The monoisotopic (exact) mass is 377 g/mol. The summed E-state index contributed by atoms with van der Waals surface area (Å²) >= 11 is 0. The number of benzene rings is 2. The average Bonchev–Trinajstić information content (AvgIpc) is 2.84. The number of fused-ring (bicyclic) bond motifs is 3. The van der Waals surface area contributed by atoms with E-state index in [1.165, 1.54) is 21.4 Å². The molecule has 1 heterocycles. The van der Waals surface area contributed by atoms with Gasteiger partial charge >= 0.3 is 0 Å². The first-order chi connectivity index (χ1) is 12.3. The fraction of sp³-hybridized carbons (Fsp3) is 0.316. The van der Waals surface area contributed by atoms with Crippen LogP contribution in [0.15, 0.2) is 42.5 Å². The number of halogens is 2. The number of hydrogen-bond acceptors (Lipinski definition) is 3. The zero-order chi connectivity index (χ0) is 18.7. The molecule has 1 aliphatic heterocycles. The standard InChI is InChI=1S/C19H18F2NO3P/c1-25-12-9-22(10-12)17(23)11-6-7-14-13-4-2-3-5-15(13)18(24,16(14)8-11)19(20,21)26/h2-8,12,24H,9-10,26H2,1H3. The summed E-state index contributed by atoms with van der Waals surface area (Å²) in [6.07, 6.45) is 0.00550. The van der Waals surface area contributed by atoms with E-state index >= 15 is 0 Å². The second-order valence-electron chi connectivity index (χ2n) is 6.71. The van der Waals surface area contributed by atoms with Crippen molar-refractivity contribution in [1.82, 2.24) is 4.90 Å². The number of ether oxygens (including phenoxy) is 1. The second-order valence-corrected chi connectivity index (χ2v) is 7.43. The third kappa shape index (κ3) is 2.33. The van der Waals surface area contributed by atoms with Crippen LogP contribution >= 0.6 is 9.24 Å². The summed E-state index contributed by atoms with van der Waals surface area (Å²) < 4.78 is 34.0. The van der Waals surface area contributed by atoms with Crippen LogP contribution in [0.1, 0.15) is 21.5 Å². The number of aliphatic hydroxyl groups is 1. The van der Waals surface area contributed by atoms with Gasteiger partial charge in [0.15, 0.2) is 5.60 Å². The van der Waals surface area contributed by atoms with Crippen molar-refractivity contribution in [2.45, 2.75) is 17.4 Å². The molecule has 0 aromatic heterocycles. The van der Waals surface area contributed by atoms with Crippen molar-refractivity contribution >= 4 is 15.1 Å². The van der Waals surface area contributed by atoms with Crippen LogP contribution < -0.4 is 0 Å². The maximum Gasteiger partial charge on any atom is 0.295 e. The van der Waals surface area contributed by atoms with Crippen molar-refractivity contribution < 1.29 is 23.4 Å². The van der Waals surface area contributed by atoms with Gasteiger partial charge in [-0.2, -0.15) is 8.78 Å². The highest BCUT2D eigenvalue weighted by molar-refractivity contribution is 7.18. The van der Waals surface area contributed by atoms with Crippen molar-refractivity contribution in [2.75, 3.05) is 20.2 Å². The molecule has 2 unspecified atom stereocenters. The molecule has 4 nitrogen and oxygen atoms in total. The van der Waals surface area contributed by atoms with Crippen LogP contribution in [0.25, 0.3) is 11.1 Å². The summed E-state index contributed by atoms with van der Waals surface area (Å²) in [5.41, 5.74) is -4.46. The Morgan fingerprint density at radius 2 is 1.88 bits per heavy atom. The van der Waals surface area contributed by atoms with Crippen LogP contribution in [0.3, 0.4) is 0 Å². The van der Waals surface area contributed by atoms with E-state index in [-0.39, 0.29) is 28.7 Å². The minimum absolute atomic E-state index is 0.00550. The molecule has 0 spiro atoms. The van der Waals surface area contributed by atoms with Crippen LogP contribution in [0.5, 0.6) is 0 Å². The number of rotatable bonds is 3. The second kappa shape index (κ2) is 5.81. The van der Waals surface area contributed by atoms with Crippen LogP contribution in [0.4, 0.5) is 8.78 Å². The molecule has 2 aromatic carbocycles. The summed E-state index contributed by atoms with van der Waals surface area (Å²) in [7, 11) is 3.01. The lowest BCUT2D eigenvalue weighted by Gasteiger charge is -2.38. The Morgan fingerprint density at radius 3 is 2.54 bits per heavy atom. The van der Waals surface area contributed by atoms with Crippen molar-refractivity contribution in [1.29, 1.82) is 0 Å². The van der Waals surface area contributed by atoms with Gasteiger partial charge in [0.05, 0.1) is 6.10 Å². The van der Waals surface area contributed by atoms with Crippen LogP contribution in [-0.4, -0.2) is 47.9 Å². The Hall–Kier alpha value is -1.88. The largest absolute Gasteiger partial charge is 0.378 e. The van der Waals surface area contributed by atoms with E-state index in [9.17, 15) is 18.7 Å². The summed E-state index contributed by atoms with van der Waals surface area (Å²) in [6.45, 7) is 0.938. The predicted octanol–water partition coefficient (Wildman–Crippen LogP) is 2.84. The normalized spacial score (nSPS) is 22.0. The minimum atomic E-state index is -3.49. The molecule has 7 heteroatoms. The molecule has 26 heavy (non-hydrogen) atoms. The van der Waals surface area contributed by atoms with Gasteiger partial charge in [-0.15, -0.1) is 0 Å². The molecule has 2 aromatic rings. The maximum atomic E-state index is 14.4. The Balaban J connectivity index is 1.79. The van der Waals surface area contributed by atoms with E-state index in [0.717, 1.165) is 0 Å². The Kier molecular flexibility index (Phi) is 3.92. The molecule has 136 valence electrons. The molecule has 0 radical (unpaired) electrons. The van der Waals surface area contributed by atoms with Gasteiger partial charge in [0.2, 0.25) is 0 Å². The van der Waals surface area contributed by atoms with Gasteiger partial charge in [0.25, 0.3) is 11.6 Å². The van der Waals surface area contributed by atoms with E-state index in [1.54, 1.807) is 42.3 Å². The summed E-state index contributed by atoms with van der Waals surface area (Å²) in [5.74, 6) is -0.258. The number of hydrogen-bond donors (Lipinski definition) is 1. The molecule has 0 bridgehead atoms. The fourth-order valence-electron chi connectivity index (χ4n) is 3.68. The molecule has 1 amide bonds. The van der Waals surface area contributed by atoms with E-state index in [1.807, 2.05) is 0 Å². The van der Waals surface area contributed by atoms with Gasteiger partial charge in [0.1, 0.15) is 0 Å².